The molecule has 52 heavy (non-hydrogen) atoms. The van der Waals surface area contributed by atoms with E-state index in [0.717, 1.165) is 57.8 Å². The lowest BCUT2D eigenvalue weighted by atomic mass is 10.1. The molecule has 0 aromatic rings. The fraction of sp³-hybridized carbons (Fsp3) is 0.581. The highest BCUT2D eigenvalue weighted by molar-refractivity contribution is 7.46. The van der Waals surface area contributed by atoms with E-state index >= 15 is 0 Å². The molecule has 2 N–H and O–H groups in total. The summed E-state index contributed by atoms with van der Waals surface area (Å²) < 4.78 is 26.2. The lowest BCUT2D eigenvalue weighted by Gasteiger charge is -2.18. The Kier molecular flexibility index (Phi) is 35.5. The number of esters is 2. The van der Waals surface area contributed by atoms with Crippen molar-refractivity contribution in [3.8, 4) is 0 Å². The molecular formula is C43H69O8P. The van der Waals surface area contributed by atoms with Crippen LogP contribution < -0.4 is 0 Å². The molecule has 0 saturated carbocycles. The molecular weight excluding hydrogens is 675 g/mol. The van der Waals surface area contributed by atoms with Gasteiger partial charge in [-0.3, -0.25) is 14.1 Å². The summed E-state index contributed by atoms with van der Waals surface area (Å²) in [5.41, 5.74) is 0. The minimum atomic E-state index is -4.78. The zero-order valence-corrected chi connectivity index (χ0v) is 33.1. The van der Waals surface area contributed by atoms with Gasteiger partial charge in [-0.05, 0) is 83.5 Å². The summed E-state index contributed by atoms with van der Waals surface area (Å²) in [4.78, 5) is 42.7. The van der Waals surface area contributed by atoms with Crippen LogP contribution >= 0.6 is 7.82 Å². The molecule has 8 nitrogen and oxygen atoms in total. The van der Waals surface area contributed by atoms with Gasteiger partial charge in [-0.15, -0.1) is 0 Å². The van der Waals surface area contributed by atoms with Crippen molar-refractivity contribution in [3.05, 3.63) is 97.2 Å². The second kappa shape index (κ2) is 37.7. The molecule has 9 heteroatoms. The first kappa shape index (κ1) is 49.0. The maximum atomic E-state index is 12.4. The number of hydrogen-bond acceptors (Lipinski definition) is 6. The van der Waals surface area contributed by atoms with Gasteiger partial charge in [0.15, 0.2) is 6.10 Å². The van der Waals surface area contributed by atoms with Gasteiger partial charge in [-0.2, -0.15) is 0 Å². The van der Waals surface area contributed by atoms with Crippen molar-refractivity contribution in [3.63, 3.8) is 0 Å². The highest BCUT2D eigenvalue weighted by Crippen LogP contribution is 2.35. The number of rotatable bonds is 34. The normalized spacial score (nSPS) is 13.5. The number of carbonyl (C=O) groups is 2. The second-order valence-corrected chi connectivity index (χ2v) is 13.8. The third-order valence-corrected chi connectivity index (χ3v) is 8.07. The quantitative estimate of drug-likeness (QED) is 0.0289. The Morgan fingerprint density at radius 2 is 0.923 bits per heavy atom. The Balaban J connectivity index is 4.17. The van der Waals surface area contributed by atoms with Crippen LogP contribution in [-0.2, 0) is 28.2 Å². The van der Waals surface area contributed by atoms with Crippen LogP contribution in [0.2, 0.25) is 0 Å². The van der Waals surface area contributed by atoms with Crippen molar-refractivity contribution in [2.45, 2.75) is 148 Å². The first-order valence-corrected chi connectivity index (χ1v) is 21.1. The third-order valence-electron chi connectivity index (χ3n) is 7.59. The summed E-state index contributed by atoms with van der Waals surface area (Å²) in [5.74, 6) is -1.03. The predicted octanol–water partition coefficient (Wildman–Crippen LogP) is 11.8. The minimum Gasteiger partial charge on any atom is -0.462 e. The molecule has 1 atom stereocenters. The molecule has 0 aromatic heterocycles. The zero-order valence-electron chi connectivity index (χ0n) is 32.2. The van der Waals surface area contributed by atoms with E-state index in [-0.39, 0.29) is 19.4 Å². The Hall–Kier alpha value is -3.03. The van der Waals surface area contributed by atoms with E-state index in [9.17, 15) is 14.2 Å². The first-order valence-electron chi connectivity index (χ1n) is 19.5. The smallest absolute Gasteiger partial charge is 0.462 e. The molecule has 0 unspecified atom stereocenters. The van der Waals surface area contributed by atoms with E-state index in [1.54, 1.807) is 0 Å². The molecule has 0 rings (SSSR count). The summed E-state index contributed by atoms with van der Waals surface area (Å²) in [6, 6.07) is 0. The van der Waals surface area contributed by atoms with E-state index in [4.69, 9.17) is 19.3 Å². The molecule has 0 aromatic carbocycles. The van der Waals surface area contributed by atoms with Crippen LogP contribution in [0.3, 0.4) is 0 Å². The van der Waals surface area contributed by atoms with E-state index in [0.29, 0.717) is 19.3 Å². The van der Waals surface area contributed by atoms with Crippen LogP contribution in [0.5, 0.6) is 0 Å². The van der Waals surface area contributed by atoms with Crippen molar-refractivity contribution in [1.29, 1.82) is 0 Å². The molecule has 0 spiro atoms. The molecule has 0 amide bonds. The third kappa shape index (κ3) is 39.8. The van der Waals surface area contributed by atoms with E-state index in [2.05, 4.69) is 97.4 Å². The number of ether oxygens (including phenoxy) is 2. The Labute approximate surface area is 315 Å². The summed E-state index contributed by atoms with van der Waals surface area (Å²) in [6.07, 6.45) is 51.4. The molecule has 0 radical (unpaired) electrons. The van der Waals surface area contributed by atoms with Crippen molar-refractivity contribution >= 4 is 19.8 Å². The van der Waals surface area contributed by atoms with Crippen LogP contribution in [-0.4, -0.2) is 41.0 Å². The van der Waals surface area contributed by atoms with Gasteiger partial charge < -0.3 is 19.3 Å². The van der Waals surface area contributed by atoms with E-state index < -0.39 is 32.5 Å². The van der Waals surface area contributed by atoms with Crippen LogP contribution in [0, 0.1) is 0 Å². The SMILES string of the molecule is CC/C=C\C/C=C\C/C=C\C/C=C\C/C=C\CCCC(=O)O[C@H](COC(=O)CCC/C=C\C/C=C\C/C=C\CCCCCCCC)COP(=O)(O)O. The average Bonchev–Trinajstić information content (AvgIpc) is 3.11. The van der Waals surface area contributed by atoms with Gasteiger partial charge in [-0.25, -0.2) is 4.57 Å². The molecule has 0 fully saturated rings. The van der Waals surface area contributed by atoms with Crippen LogP contribution in [0.1, 0.15) is 142 Å². The van der Waals surface area contributed by atoms with Gasteiger partial charge >= 0.3 is 19.8 Å². The van der Waals surface area contributed by atoms with Gasteiger partial charge in [0, 0.05) is 12.8 Å². The minimum absolute atomic E-state index is 0.117. The molecule has 294 valence electrons. The second-order valence-electron chi connectivity index (χ2n) is 12.5. The molecule has 0 aliphatic carbocycles. The number of phosphoric ester groups is 1. The molecule has 0 heterocycles. The molecule has 0 aliphatic rings. The van der Waals surface area contributed by atoms with Gasteiger partial charge in [0.2, 0.25) is 0 Å². The average molecular weight is 745 g/mol. The number of unbranched alkanes of at least 4 members (excludes halogenated alkanes) is 8. The summed E-state index contributed by atoms with van der Waals surface area (Å²) in [6.45, 7) is 3.45. The maximum Gasteiger partial charge on any atom is 0.469 e. The van der Waals surface area contributed by atoms with Gasteiger partial charge in [0.25, 0.3) is 0 Å². The summed E-state index contributed by atoms with van der Waals surface area (Å²) >= 11 is 0. The highest BCUT2D eigenvalue weighted by atomic mass is 31.2. The standard InChI is InChI=1S/C43H69O8P/c1-3-5-7-9-11-13-15-17-19-21-23-25-27-29-31-33-35-37-42(44)49-39-41(40-50-52(46,47)48)51-43(45)38-36-34-32-30-28-26-24-22-20-18-16-14-12-10-8-6-4-2/h6,8,12,14,17-20,23-26,29-32,41H,3-5,7,9-11,13,15-16,21-22,27-28,33-40H2,1-2H3,(H2,46,47,48)/b8-6-,14-12-,19-17-,20-18-,25-23-,26-24-,31-29-,32-30-/t41-/m1/s1. The predicted molar refractivity (Wildman–Crippen MR) is 216 cm³/mol. The molecule has 0 bridgehead atoms. The van der Waals surface area contributed by atoms with Crippen molar-refractivity contribution < 1.29 is 37.9 Å². The van der Waals surface area contributed by atoms with Gasteiger partial charge in [0.05, 0.1) is 6.61 Å². The lowest BCUT2D eigenvalue weighted by Crippen LogP contribution is -2.29. The fourth-order valence-corrected chi connectivity index (χ4v) is 5.08. The topological polar surface area (TPSA) is 119 Å². The molecule has 0 saturated heterocycles. The monoisotopic (exact) mass is 744 g/mol. The number of allylic oxidation sites excluding steroid dienone is 16. The van der Waals surface area contributed by atoms with Crippen LogP contribution in [0.4, 0.5) is 0 Å². The lowest BCUT2D eigenvalue weighted by molar-refractivity contribution is -0.161. The molecule has 0 aliphatic heterocycles. The zero-order chi connectivity index (χ0) is 38.2. The Bertz CT molecular complexity index is 1160. The largest absolute Gasteiger partial charge is 0.469 e. The van der Waals surface area contributed by atoms with Crippen molar-refractivity contribution in [1.82, 2.24) is 0 Å². The number of hydrogen-bond donors (Lipinski definition) is 2. The summed E-state index contributed by atoms with van der Waals surface area (Å²) in [7, 11) is -4.78. The maximum absolute atomic E-state index is 12.4. The highest BCUT2D eigenvalue weighted by Gasteiger charge is 2.22. The van der Waals surface area contributed by atoms with Crippen molar-refractivity contribution in [2.75, 3.05) is 13.2 Å². The number of phosphoric acid groups is 1. The first-order chi connectivity index (χ1) is 25.3. The van der Waals surface area contributed by atoms with Crippen LogP contribution in [0.25, 0.3) is 0 Å². The van der Waals surface area contributed by atoms with E-state index in [1.807, 2.05) is 18.2 Å². The Morgan fingerprint density at radius 3 is 1.38 bits per heavy atom. The Morgan fingerprint density at radius 1 is 0.519 bits per heavy atom. The summed E-state index contributed by atoms with van der Waals surface area (Å²) in [5, 5.41) is 0. The fourth-order valence-electron chi connectivity index (χ4n) is 4.72. The van der Waals surface area contributed by atoms with Crippen LogP contribution in [0.15, 0.2) is 97.2 Å². The van der Waals surface area contributed by atoms with Gasteiger partial charge in [0.1, 0.15) is 6.61 Å². The number of carbonyl (C=O) groups excluding carboxylic acids is 2. The van der Waals surface area contributed by atoms with Crippen molar-refractivity contribution in [2.24, 2.45) is 0 Å². The van der Waals surface area contributed by atoms with E-state index in [1.165, 1.54) is 38.5 Å². The van der Waals surface area contributed by atoms with Gasteiger partial charge in [-0.1, -0.05) is 143 Å².